The summed E-state index contributed by atoms with van der Waals surface area (Å²) in [5, 5.41) is 2.99. The van der Waals surface area contributed by atoms with Gasteiger partial charge in [0.25, 0.3) is 6.43 Å². The van der Waals surface area contributed by atoms with Crippen LogP contribution in [0, 0.1) is 5.82 Å². The summed E-state index contributed by atoms with van der Waals surface area (Å²) in [7, 11) is 3.23. The molecule has 0 aromatic heterocycles. The van der Waals surface area contributed by atoms with Gasteiger partial charge in [-0.2, -0.15) is 0 Å². The molecule has 0 aliphatic carbocycles. The van der Waals surface area contributed by atoms with Crippen LogP contribution < -0.4 is 10.2 Å². The molecule has 0 aliphatic rings. The van der Waals surface area contributed by atoms with E-state index in [1.807, 2.05) is 6.92 Å². The standard InChI is InChI=1S/C12H17F3N2/c1-8(16-2)9-4-5-11(10(13)6-9)17(3)7-12(14)15/h4-6,8,12,16H,7H2,1-3H3. The monoisotopic (exact) mass is 246 g/mol. The van der Waals surface area contributed by atoms with Gasteiger partial charge >= 0.3 is 0 Å². The second-order valence-corrected chi connectivity index (χ2v) is 3.99. The lowest BCUT2D eigenvalue weighted by molar-refractivity contribution is 0.156. The van der Waals surface area contributed by atoms with Gasteiger partial charge in [0.2, 0.25) is 0 Å². The zero-order chi connectivity index (χ0) is 13.0. The van der Waals surface area contributed by atoms with Crippen LogP contribution in [-0.2, 0) is 0 Å². The number of alkyl halides is 2. The number of benzene rings is 1. The first-order valence-electron chi connectivity index (χ1n) is 5.41. The molecule has 1 atom stereocenters. The lowest BCUT2D eigenvalue weighted by Gasteiger charge is -2.20. The molecule has 0 saturated heterocycles. The van der Waals surface area contributed by atoms with Gasteiger partial charge in [0.1, 0.15) is 5.82 Å². The highest BCUT2D eigenvalue weighted by molar-refractivity contribution is 5.49. The fourth-order valence-corrected chi connectivity index (χ4v) is 1.57. The molecule has 0 amide bonds. The van der Waals surface area contributed by atoms with Gasteiger partial charge in [0.15, 0.2) is 0 Å². The van der Waals surface area contributed by atoms with Crippen molar-refractivity contribution in [2.24, 2.45) is 0 Å². The third-order valence-electron chi connectivity index (χ3n) is 2.73. The van der Waals surface area contributed by atoms with Crippen molar-refractivity contribution in [1.82, 2.24) is 5.32 Å². The Morgan fingerprint density at radius 2 is 2.00 bits per heavy atom. The number of rotatable bonds is 5. The van der Waals surface area contributed by atoms with Gasteiger partial charge in [-0.3, -0.25) is 0 Å². The molecular weight excluding hydrogens is 229 g/mol. The lowest BCUT2D eigenvalue weighted by Crippen LogP contribution is -2.25. The molecule has 1 aromatic carbocycles. The van der Waals surface area contributed by atoms with Crippen molar-refractivity contribution in [3.8, 4) is 0 Å². The SMILES string of the molecule is CNC(C)c1ccc(N(C)CC(F)F)c(F)c1. The molecule has 96 valence electrons. The maximum atomic E-state index is 13.7. The maximum Gasteiger partial charge on any atom is 0.255 e. The van der Waals surface area contributed by atoms with Gasteiger partial charge in [-0.15, -0.1) is 0 Å². The summed E-state index contributed by atoms with van der Waals surface area (Å²) < 4.78 is 38.1. The molecule has 1 unspecified atom stereocenters. The summed E-state index contributed by atoms with van der Waals surface area (Å²) in [6.45, 7) is 1.43. The topological polar surface area (TPSA) is 15.3 Å². The fourth-order valence-electron chi connectivity index (χ4n) is 1.57. The first-order chi connectivity index (χ1) is 7.95. The average Bonchev–Trinajstić information content (AvgIpc) is 2.26. The molecule has 1 aromatic rings. The minimum Gasteiger partial charge on any atom is -0.367 e. The van der Waals surface area contributed by atoms with E-state index in [0.29, 0.717) is 0 Å². The molecule has 0 spiro atoms. The number of nitrogens with zero attached hydrogens (tertiary/aromatic N) is 1. The van der Waals surface area contributed by atoms with Crippen LogP contribution in [0.15, 0.2) is 18.2 Å². The van der Waals surface area contributed by atoms with Crippen LogP contribution in [0.1, 0.15) is 18.5 Å². The minimum atomic E-state index is -2.48. The molecule has 0 aliphatic heterocycles. The molecule has 0 radical (unpaired) electrons. The Morgan fingerprint density at radius 3 is 2.47 bits per heavy atom. The Morgan fingerprint density at radius 1 is 1.35 bits per heavy atom. The van der Waals surface area contributed by atoms with Crippen LogP contribution in [0.5, 0.6) is 0 Å². The highest BCUT2D eigenvalue weighted by Gasteiger charge is 2.14. The van der Waals surface area contributed by atoms with Crippen molar-refractivity contribution in [3.63, 3.8) is 0 Å². The maximum absolute atomic E-state index is 13.7. The Balaban J connectivity index is 2.89. The zero-order valence-corrected chi connectivity index (χ0v) is 10.2. The third kappa shape index (κ3) is 3.63. The van der Waals surface area contributed by atoms with Gasteiger partial charge in [-0.05, 0) is 31.7 Å². The predicted octanol–water partition coefficient (Wildman–Crippen LogP) is 2.81. The molecule has 0 saturated carbocycles. The van der Waals surface area contributed by atoms with Crippen molar-refractivity contribution in [2.45, 2.75) is 19.4 Å². The van der Waals surface area contributed by atoms with Gasteiger partial charge < -0.3 is 10.2 Å². The Labute approximate surface area is 99.4 Å². The largest absolute Gasteiger partial charge is 0.367 e. The highest BCUT2D eigenvalue weighted by atomic mass is 19.3. The first-order valence-corrected chi connectivity index (χ1v) is 5.41. The van der Waals surface area contributed by atoms with Crippen LogP contribution in [0.4, 0.5) is 18.9 Å². The van der Waals surface area contributed by atoms with Crippen LogP contribution in [0.2, 0.25) is 0 Å². The van der Waals surface area contributed by atoms with Gasteiger partial charge in [0, 0.05) is 13.1 Å². The average molecular weight is 246 g/mol. The smallest absolute Gasteiger partial charge is 0.255 e. The Kier molecular flexibility index (Phi) is 4.81. The van der Waals surface area contributed by atoms with Crippen molar-refractivity contribution in [1.29, 1.82) is 0 Å². The molecular formula is C12H17F3N2. The Hall–Kier alpha value is -1.23. The molecule has 0 heterocycles. The molecule has 5 heteroatoms. The molecule has 0 fully saturated rings. The molecule has 17 heavy (non-hydrogen) atoms. The van der Waals surface area contributed by atoms with E-state index >= 15 is 0 Å². The minimum absolute atomic E-state index is 0.0268. The Bertz CT molecular complexity index is 369. The van der Waals surface area contributed by atoms with Crippen molar-refractivity contribution in [2.75, 3.05) is 25.5 Å². The number of halogens is 3. The van der Waals surface area contributed by atoms with Crippen molar-refractivity contribution >= 4 is 5.69 Å². The van der Waals surface area contributed by atoms with Gasteiger partial charge in [-0.1, -0.05) is 6.07 Å². The van der Waals surface area contributed by atoms with Crippen LogP contribution in [0.25, 0.3) is 0 Å². The third-order valence-corrected chi connectivity index (χ3v) is 2.73. The zero-order valence-electron chi connectivity index (χ0n) is 10.2. The summed E-state index contributed by atoms with van der Waals surface area (Å²) in [5.41, 5.74) is 0.983. The second-order valence-electron chi connectivity index (χ2n) is 3.99. The van der Waals surface area contributed by atoms with Gasteiger partial charge in [0.05, 0.1) is 12.2 Å². The lowest BCUT2D eigenvalue weighted by atomic mass is 10.1. The predicted molar refractivity (Wildman–Crippen MR) is 63.1 cm³/mol. The number of anilines is 1. The van der Waals surface area contributed by atoms with Crippen LogP contribution >= 0.6 is 0 Å². The van der Waals surface area contributed by atoms with Crippen LogP contribution in [-0.4, -0.2) is 27.1 Å². The van der Waals surface area contributed by atoms with E-state index < -0.39 is 18.8 Å². The highest BCUT2D eigenvalue weighted by Crippen LogP contribution is 2.23. The number of hydrogen-bond donors (Lipinski definition) is 1. The normalized spacial score (nSPS) is 12.9. The van der Waals surface area contributed by atoms with E-state index in [1.54, 1.807) is 13.1 Å². The van der Waals surface area contributed by atoms with E-state index in [4.69, 9.17) is 0 Å². The van der Waals surface area contributed by atoms with E-state index in [9.17, 15) is 13.2 Å². The molecule has 2 nitrogen and oxygen atoms in total. The quantitative estimate of drug-likeness (QED) is 0.859. The summed E-state index contributed by atoms with van der Waals surface area (Å²) in [6.07, 6.45) is -2.48. The number of hydrogen-bond acceptors (Lipinski definition) is 2. The second kappa shape index (κ2) is 5.91. The van der Waals surface area contributed by atoms with Crippen molar-refractivity contribution in [3.05, 3.63) is 29.6 Å². The van der Waals surface area contributed by atoms with E-state index in [2.05, 4.69) is 5.32 Å². The molecule has 0 bridgehead atoms. The van der Waals surface area contributed by atoms with E-state index in [1.165, 1.54) is 24.1 Å². The summed E-state index contributed by atoms with van der Waals surface area (Å²) >= 11 is 0. The van der Waals surface area contributed by atoms with E-state index in [-0.39, 0.29) is 11.7 Å². The summed E-state index contributed by atoms with van der Waals surface area (Å²) in [5.74, 6) is -0.479. The molecule has 1 N–H and O–H groups in total. The first kappa shape index (κ1) is 13.8. The summed E-state index contributed by atoms with van der Waals surface area (Å²) in [4.78, 5) is 1.22. The number of nitrogens with one attached hydrogen (secondary N) is 1. The van der Waals surface area contributed by atoms with Crippen molar-refractivity contribution < 1.29 is 13.2 Å². The fraction of sp³-hybridized carbons (Fsp3) is 0.500. The van der Waals surface area contributed by atoms with E-state index in [0.717, 1.165) is 5.56 Å². The molecule has 1 rings (SSSR count). The van der Waals surface area contributed by atoms with Crippen LogP contribution in [0.3, 0.4) is 0 Å². The van der Waals surface area contributed by atoms with Gasteiger partial charge in [-0.25, -0.2) is 13.2 Å². The summed E-state index contributed by atoms with van der Waals surface area (Å²) in [6, 6.07) is 4.67.